The minimum absolute atomic E-state index is 0.0408. The van der Waals surface area contributed by atoms with Crippen molar-refractivity contribution in [2.45, 2.75) is 13.5 Å². The summed E-state index contributed by atoms with van der Waals surface area (Å²) in [6, 6.07) is 8.16. The van der Waals surface area contributed by atoms with Crippen molar-refractivity contribution in [1.82, 2.24) is 4.90 Å². The van der Waals surface area contributed by atoms with Gasteiger partial charge in [-0.3, -0.25) is 4.79 Å². The number of phenols is 2. The molecule has 1 heterocycles. The number of phenolic OH excluding ortho intramolecular Hbond substituents is 2. The molecule has 0 fully saturated rings. The Hall–Kier alpha value is -2.01. The molecule has 0 spiro atoms. The quantitative estimate of drug-likeness (QED) is 0.903. The standard InChI is InChI=1S/C14H15NO3S/c1-2-15(9-10-5-4-8-19-10)14(18)13-11(16)6-3-7-12(13)17/h3-8,16-17H,2,9H2,1H3. The summed E-state index contributed by atoms with van der Waals surface area (Å²) in [6.07, 6.45) is 0. The third kappa shape index (κ3) is 2.88. The molecule has 2 rings (SSSR count). The van der Waals surface area contributed by atoms with Crippen LogP contribution in [0.25, 0.3) is 0 Å². The lowest BCUT2D eigenvalue weighted by molar-refractivity contribution is 0.0748. The molecule has 0 saturated heterocycles. The number of thiophene rings is 1. The van der Waals surface area contributed by atoms with Crippen molar-refractivity contribution in [3.05, 3.63) is 46.2 Å². The third-order valence-electron chi connectivity index (χ3n) is 2.83. The monoisotopic (exact) mass is 277 g/mol. The lowest BCUT2D eigenvalue weighted by Gasteiger charge is -2.21. The summed E-state index contributed by atoms with van der Waals surface area (Å²) < 4.78 is 0. The first kappa shape index (κ1) is 13.4. The van der Waals surface area contributed by atoms with Crippen LogP contribution in [0.4, 0.5) is 0 Å². The first-order valence-electron chi connectivity index (χ1n) is 5.96. The fraction of sp³-hybridized carbons (Fsp3) is 0.214. The Bertz CT molecular complexity index is 546. The maximum atomic E-state index is 12.4. The molecule has 0 bridgehead atoms. The highest BCUT2D eigenvalue weighted by molar-refractivity contribution is 7.09. The summed E-state index contributed by atoms with van der Waals surface area (Å²) in [5, 5.41) is 21.4. The van der Waals surface area contributed by atoms with E-state index in [9.17, 15) is 15.0 Å². The molecule has 1 amide bonds. The van der Waals surface area contributed by atoms with Crippen LogP contribution in [-0.4, -0.2) is 27.6 Å². The number of aromatic hydroxyl groups is 2. The summed E-state index contributed by atoms with van der Waals surface area (Å²) in [5.41, 5.74) is -0.0408. The maximum absolute atomic E-state index is 12.4. The molecular formula is C14H15NO3S. The first-order valence-corrected chi connectivity index (χ1v) is 6.84. The van der Waals surface area contributed by atoms with Crippen molar-refractivity contribution in [1.29, 1.82) is 0 Å². The number of hydrogen-bond acceptors (Lipinski definition) is 4. The average Bonchev–Trinajstić information content (AvgIpc) is 2.88. The Labute approximate surface area is 115 Å². The van der Waals surface area contributed by atoms with Gasteiger partial charge in [0.15, 0.2) is 0 Å². The van der Waals surface area contributed by atoms with Crippen LogP contribution in [0.1, 0.15) is 22.2 Å². The summed E-state index contributed by atoms with van der Waals surface area (Å²) in [5.74, 6) is -0.768. The normalized spacial score (nSPS) is 10.4. The van der Waals surface area contributed by atoms with E-state index >= 15 is 0 Å². The number of carbonyl (C=O) groups excluding carboxylic acids is 1. The van der Waals surface area contributed by atoms with E-state index in [1.807, 2.05) is 24.4 Å². The lowest BCUT2D eigenvalue weighted by atomic mass is 10.1. The molecular weight excluding hydrogens is 262 g/mol. The van der Waals surface area contributed by atoms with E-state index in [2.05, 4.69) is 0 Å². The molecule has 5 heteroatoms. The van der Waals surface area contributed by atoms with Gasteiger partial charge < -0.3 is 15.1 Å². The second-order valence-electron chi connectivity index (χ2n) is 4.07. The van der Waals surface area contributed by atoms with Crippen LogP contribution in [0, 0.1) is 0 Å². The number of benzene rings is 1. The Morgan fingerprint density at radius 1 is 1.21 bits per heavy atom. The van der Waals surface area contributed by atoms with Gasteiger partial charge in [-0.2, -0.15) is 0 Å². The van der Waals surface area contributed by atoms with E-state index in [1.165, 1.54) is 18.2 Å². The fourth-order valence-electron chi connectivity index (χ4n) is 1.82. The van der Waals surface area contributed by atoms with Gasteiger partial charge in [0.2, 0.25) is 0 Å². The Kier molecular flexibility index (Phi) is 4.06. The molecule has 0 atom stereocenters. The summed E-state index contributed by atoms with van der Waals surface area (Å²) in [4.78, 5) is 15.0. The van der Waals surface area contributed by atoms with Crippen LogP contribution in [0.15, 0.2) is 35.7 Å². The molecule has 1 aromatic carbocycles. The fourth-order valence-corrected chi connectivity index (χ4v) is 2.54. The van der Waals surface area contributed by atoms with Crippen molar-refractivity contribution >= 4 is 17.2 Å². The van der Waals surface area contributed by atoms with Crippen LogP contribution in [0.3, 0.4) is 0 Å². The molecule has 0 unspecified atom stereocenters. The largest absolute Gasteiger partial charge is 0.507 e. The van der Waals surface area contributed by atoms with E-state index < -0.39 is 0 Å². The van der Waals surface area contributed by atoms with Gasteiger partial charge in [-0.15, -0.1) is 11.3 Å². The first-order chi connectivity index (χ1) is 9.13. The summed E-state index contributed by atoms with van der Waals surface area (Å²) in [6.45, 7) is 2.84. The molecule has 0 radical (unpaired) electrons. The third-order valence-corrected chi connectivity index (χ3v) is 3.69. The van der Waals surface area contributed by atoms with Gasteiger partial charge in [-0.1, -0.05) is 12.1 Å². The van der Waals surface area contributed by atoms with Gasteiger partial charge in [-0.25, -0.2) is 0 Å². The Morgan fingerprint density at radius 3 is 2.42 bits per heavy atom. The molecule has 2 N–H and O–H groups in total. The topological polar surface area (TPSA) is 60.8 Å². The zero-order valence-corrected chi connectivity index (χ0v) is 11.4. The van der Waals surface area contributed by atoms with Crippen molar-refractivity contribution in [2.75, 3.05) is 6.54 Å². The van der Waals surface area contributed by atoms with Crippen molar-refractivity contribution < 1.29 is 15.0 Å². The van der Waals surface area contributed by atoms with Crippen LogP contribution in [0.5, 0.6) is 11.5 Å². The van der Waals surface area contributed by atoms with E-state index in [0.29, 0.717) is 13.1 Å². The Morgan fingerprint density at radius 2 is 1.89 bits per heavy atom. The zero-order chi connectivity index (χ0) is 13.8. The van der Waals surface area contributed by atoms with Crippen LogP contribution < -0.4 is 0 Å². The molecule has 100 valence electrons. The molecule has 19 heavy (non-hydrogen) atoms. The van der Waals surface area contributed by atoms with Gasteiger partial charge in [0.25, 0.3) is 5.91 Å². The van der Waals surface area contributed by atoms with Crippen LogP contribution >= 0.6 is 11.3 Å². The number of carbonyl (C=O) groups is 1. The highest BCUT2D eigenvalue weighted by Gasteiger charge is 2.21. The summed E-state index contributed by atoms with van der Waals surface area (Å²) in [7, 11) is 0. The average molecular weight is 277 g/mol. The summed E-state index contributed by atoms with van der Waals surface area (Å²) >= 11 is 1.57. The Balaban J connectivity index is 2.26. The van der Waals surface area contributed by atoms with E-state index in [4.69, 9.17) is 0 Å². The van der Waals surface area contributed by atoms with E-state index in [-0.39, 0.29) is 23.0 Å². The molecule has 2 aromatic rings. The second-order valence-corrected chi connectivity index (χ2v) is 5.10. The molecule has 0 saturated carbocycles. The number of hydrogen-bond donors (Lipinski definition) is 2. The highest BCUT2D eigenvalue weighted by Crippen LogP contribution is 2.28. The van der Waals surface area contributed by atoms with Crippen LogP contribution in [-0.2, 0) is 6.54 Å². The van der Waals surface area contributed by atoms with Crippen LogP contribution in [0.2, 0.25) is 0 Å². The SMILES string of the molecule is CCN(Cc1cccs1)C(=O)c1c(O)cccc1O. The predicted octanol–water partition coefficient (Wildman–Crippen LogP) is 2.82. The lowest BCUT2D eigenvalue weighted by Crippen LogP contribution is -2.30. The smallest absolute Gasteiger partial charge is 0.261 e. The van der Waals surface area contributed by atoms with Crippen molar-refractivity contribution in [2.24, 2.45) is 0 Å². The van der Waals surface area contributed by atoms with Gasteiger partial charge >= 0.3 is 0 Å². The van der Waals surface area contributed by atoms with Gasteiger partial charge in [0.1, 0.15) is 17.1 Å². The van der Waals surface area contributed by atoms with Gasteiger partial charge in [-0.05, 0) is 30.5 Å². The zero-order valence-electron chi connectivity index (χ0n) is 10.5. The molecule has 1 aromatic heterocycles. The predicted molar refractivity (Wildman–Crippen MR) is 74.5 cm³/mol. The van der Waals surface area contributed by atoms with Crippen molar-refractivity contribution in [3.8, 4) is 11.5 Å². The minimum Gasteiger partial charge on any atom is -0.507 e. The highest BCUT2D eigenvalue weighted by atomic mass is 32.1. The second kappa shape index (κ2) is 5.75. The van der Waals surface area contributed by atoms with E-state index in [0.717, 1.165) is 4.88 Å². The van der Waals surface area contributed by atoms with Crippen molar-refractivity contribution in [3.63, 3.8) is 0 Å². The minimum atomic E-state index is -0.369. The van der Waals surface area contributed by atoms with Gasteiger partial charge in [0.05, 0.1) is 6.54 Å². The maximum Gasteiger partial charge on any atom is 0.261 e. The number of amides is 1. The number of rotatable bonds is 4. The number of nitrogens with zero attached hydrogens (tertiary/aromatic N) is 1. The van der Waals surface area contributed by atoms with Gasteiger partial charge in [0, 0.05) is 11.4 Å². The van der Waals surface area contributed by atoms with E-state index in [1.54, 1.807) is 16.2 Å². The molecule has 4 nitrogen and oxygen atoms in total. The molecule has 0 aliphatic rings. The molecule has 0 aliphatic heterocycles. The molecule has 0 aliphatic carbocycles.